The van der Waals surface area contributed by atoms with Gasteiger partial charge < -0.3 is 20.5 Å². The van der Waals surface area contributed by atoms with Crippen molar-refractivity contribution in [3.05, 3.63) is 39.5 Å². The van der Waals surface area contributed by atoms with Gasteiger partial charge in [0.15, 0.2) is 5.11 Å². The Bertz CT molecular complexity index is 616. The van der Waals surface area contributed by atoms with Crippen LogP contribution in [-0.4, -0.2) is 23.3 Å². The van der Waals surface area contributed by atoms with Gasteiger partial charge in [-0.2, -0.15) is 0 Å². The van der Waals surface area contributed by atoms with Gasteiger partial charge in [0, 0.05) is 10.2 Å². The smallest absolute Gasteiger partial charge is 0.337 e. The van der Waals surface area contributed by atoms with Gasteiger partial charge in [0.25, 0.3) is 0 Å². The van der Waals surface area contributed by atoms with Crippen molar-refractivity contribution in [3.63, 3.8) is 0 Å². The van der Waals surface area contributed by atoms with Crippen LogP contribution in [0.2, 0.25) is 0 Å². The van der Waals surface area contributed by atoms with Gasteiger partial charge in [0.1, 0.15) is 5.75 Å². The second kappa shape index (κ2) is 5.80. The Balaban J connectivity index is 2.56. The number of carbonyl (C=O) groups is 1. The molecule has 106 valence electrons. The molecule has 2 rings (SSSR count). The van der Waals surface area contributed by atoms with Gasteiger partial charge >= 0.3 is 5.97 Å². The molecule has 0 aromatic heterocycles. The number of phenolic OH excluding ortho intramolecular Hbond substituents is 1. The number of phenols is 1. The molecular weight excluding hydrogens is 344 g/mol. The SMILES string of the molecule is COC(=O)C1=C(C)NC(=S)N[C@@H]1c1cc(O)ccc1Br. The van der Waals surface area contributed by atoms with Crippen molar-refractivity contribution in [1.82, 2.24) is 10.6 Å². The summed E-state index contributed by atoms with van der Waals surface area (Å²) >= 11 is 8.54. The van der Waals surface area contributed by atoms with E-state index in [0.717, 1.165) is 4.47 Å². The third kappa shape index (κ3) is 2.78. The summed E-state index contributed by atoms with van der Waals surface area (Å²) in [6, 6.07) is 4.35. The fourth-order valence-corrected chi connectivity index (χ4v) is 2.81. The second-order valence-corrected chi connectivity index (χ2v) is 5.53. The van der Waals surface area contributed by atoms with Crippen molar-refractivity contribution in [2.45, 2.75) is 13.0 Å². The first-order valence-corrected chi connectivity index (χ1v) is 6.99. The molecule has 7 heteroatoms. The van der Waals surface area contributed by atoms with E-state index < -0.39 is 12.0 Å². The van der Waals surface area contributed by atoms with Crippen LogP contribution in [0.25, 0.3) is 0 Å². The van der Waals surface area contributed by atoms with E-state index in [2.05, 4.69) is 26.6 Å². The molecule has 0 saturated heterocycles. The summed E-state index contributed by atoms with van der Waals surface area (Å²) in [6.45, 7) is 1.75. The number of allylic oxidation sites excluding steroid dienone is 1. The summed E-state index contributed by atoms with van der Waals surface area (Å²) in [5.74, 6) is -0.346. The van der Waals surface area contributed by atoms with Gasteiger partial charge in [-0.1, -0.05) is 15.9 Å². The Hall–Kier alpha value is -1.60. The maximum absolute atomic E-state index is 12.0. The Kier molecular flexibility index (Phi) is 4.29. The first-order valence-electron chi connectivity index (χ1n) is 5.79. The number of rotatable bonds is 2. The maximum Gasteiger partial charge on any atom is 0.337 e. The number of methoxy groups -OCH3 is 1. The van der Waals surface area contributed by atoms with Crippen molar-refractivity contribution in [3.8, 4) is 5.75 Å². The van der Waals surface area contributed by atoms with E-state index in [1.165, 1.54) is 7.11 Å². The number of thiocarbonyl (C=S) groups is 1. The number of aromatic hydroxyl groups is 1. The second-order valence-electron chi connectivity index (χ2n) is 4.27. The Morgan fingerprint density at radius 1 is 1.50 bits per heavy atom. The van der Waals surface area contributed by atoms with Gasteiger partial charge in [0.05, 0.1) is 18.7 Å². The van der Waals surface area contributed by atoms with Crippen LogP contribution in [0.4, 0.5) is 0 Å². The van der Waals surface area contributed by atoms with Gasteiger partial charge in [-0.3, -0.25) is 0 Å². The zero-order valence-corrected chi connectivity index (χ0v) is 13.3. The highest BCUT2D eigenvalue weighted by molar-refractivity contribution is 9.10. The van der Waals surface area contributed by atoms with Gasteiger partial charge in [-0.25, -0.2) is 4.79 Å². The normalized spacial score (nSPS) is 18.4. The molecule has 0 amide bonds. The van der Waals surface area contributed by atoms with Crippen LogP contribution in [0.3, 0.4) is 0 Å². The molecule has 3 N–H and O–H groups in total. The molecule has 0 aliphatic carbocycles. The minimum atomic E-state index is -0.488. The van der Waals surface area contributed by atoms with Crippen LogP contribution in [0, 0.1) is 0 Å². The molecular formula is C13H13BrN2O3S. The maximum atomic E-state index is 12.0. The predicted molar refractivity (Wildman–Crippen MR) is 82.1 cm³/mol. The molecule has 1 aliphatic heterocycles. The molecule has 1 aromatic rings. The molecule has 0 bridgehead atoms. The molecule has 0 radical (unpaired) electrons. The van der Waals surface area contributed by atoms with Gasteiger partial charge in [-0.15, -0.1) is 0 Å². The summed E-state index contributed by atoms with van der Waals surface area (Å²) in [4.78, 5) is 12.0. The van der Waals surface area contributed by atoms with E-state index in [-0.39, 0.29) is 5.75 Å². The summed E-state index contributed by atoms with van der Waals surface area (Å²) in [6.07, 6.45) is 0. The fourth-order valence-electron chi connectivity index (χ4n) is 2.06. The van der Waals surface area contributed by atoms with E-state index in [9.17, 15) is 9.90 Å². The monoisotopic (exact) mass is 356 g/mol. The number of carbonyl (C=O) groups excluding carboxylic acids is 1. The van der Waals surface area contributed by atoms with Crippen molar-refractivity contribution >= 4 is 39.2 Å². The van der Waals surface area contributed by atoms with Gasteiger partial charge in [-0.05, 0) is 42.9 Å². The molecule has 5 nitrogen and oxygen atoms in total. The lowest BCUT2D eigenvalue weighted by Gasteiger charge is -2.30. The highest BCUT2D eigenvalue weighted by atomic mass is 79.9. The molecule has 0 unspecified atom stereocenters. The van der Waals surface area contributed by atoms with Crippen molar-refractivity contribution in [1.29, 1.82) is 0 Å². The number of nitrogens with one attached hydrogen (secondary N) is 2. The van der Waals surface area contributed by atoms with Crippen molar-refractivity contribution in [2.24, 2.45) is 0 Å². The lowest BCUT2D eigenvalue weighted by molar-refractivity contribution is -0.136. The summed E-state index contributed by atoms with van der Waals surface area (Å²) < 4.78 is 5.58. The average molecular weight is 357 g/mol. The number of hydrogen-bond donors (Lipinski definition) is 3. The molecule has 0 fully saturated rings. The molecule has 0 saturated carbocycles. The van der Waals surface area contributed by atoms with Gasteiger partial charge in [0.2, 0.25) is 0 Å². The Labute approximate surface area is 130 Å². The topological polar surface area (TPSA) is 70.6 Å². The Morgan fingerprint density at radius 2 is 2.20 bits per heavy atom. The highest BCUT2D eigenvalue weighted by Gasteiger charge is 2.31. The quantitative estimate of drug-likeness (QED) is 0.557. The molecule has 1 atom stereocenters. The van der Waals surface area contributed by atoms with E-state index >= 15 is 0 Å². The average Bonchev–Trinajstić information content (AvgIpc) is 2.40. The molecule has 20 heavy (non-hydrogen) atoms. The van der Waals surface area contributed by atoms with Crippen LogP contribution in [0.15, 0.2) is 33.9 Å². The summed E-state index contributed by atoms with van der Waals surface area (Å²) in [5.41, 5.74) is 1.75. The highest BCUT2D eigenvalue weighted by Crippen LogP contribution is 2.34. The van der Waals surface area contributed by atoms with Crippen molar-refractivity contribution in [2.75, 3.05) is 7.11 Å². The molecule has 0 spiro atoms. The number of benzene rings is 1. The first-order chi connectivity index (χ1) is 9.43. The zero-order chi connectivity index (χ0) is 14.9. The standard InChI is InChI=1S/C13H13BrN2O3S/c1-6-10(12(18)19-2)11(16-13(20)15-6)8-5-7(17)3-4-9(8)14/h3-5,11,17H,1-2H3,(H2,15,16,20)/t11-/m1/s1. The predicted octanol–water partition coefficient (Wildman–Crippen LogP) is 2.12. The molecule has 1 heterocycles. The molecule has 1 aliphatic rings. The summed E-state index contributed by atoms with van der Waals surface area (Å²) in [7, 11) is 1.32. The minimum Gasteiger partial charge on any atom is -0.508 e. The number of hydrogen-bond acceptors (Lipinski definition) is 4. The lowest BCUT2D eigenvalue weighted by Crippen LogP contribution is -2.45. The summed E-state index contributed by atoms with van der Waals surface area (Å²) in [5, 5.41) is 16.0. The molecule has 1 aromatic carbocycles. The fraction of sp³-hybridized carbons (Fsp3) is 0.231. The third-order valence-corrected chi connectivity index (χ3v) is 3.91. The number of esters is 1. The van der Waals surface area contributed by atoms with Crippen LogP contribution in [-0.2, 0) is 9.53 Å². The van der Waals surface area contributed by atoms with E-state index in [4.69, 9.17) is 17.0 Å². The van der Waals surface area contributed by atoms with Crippen LogP contribution >= 0.6 is 28.1 Å². The van der Waals surface area contributed by atoms with E-state index in [0.29, 0.717) is 21.9 Å². The minimum absolute atomic E-state index is 0.108. The van der Waals surface area contributed by atoms with Crippen LogP contribution in [0.1, 0.15) is 18.5 Å². The number of halogens is 1. The van der Waals surface area contributed by atoms with Crippen LogP contribution < -0.4 is 10.6 Å². The third-order valence-electron chi connectivity index (χ3n) is 2.97. The largest absolute Gasteiger partial charge is 0.508 e. The van der Waals surface area contributed by atoms with E-state index in [1.807, 2.05) is 0 Å². The van der Waals surface area contributed by atoms with Crippen molar-refractivity contribution < 1.29 is 14.6 Å². The Morgan fingerprint density at radius 3 is 2.85 bits per heavy atom. The number of ether oxygens (including phenoxy) is 1. The first kappa shape index (κ1) is 14.8. The van der Waals surface area contributed by atoms with E-state index in [1.54, 1.807) is 25.1 Å². The zero-order valence-electron chi connectivity index (χ0n) is 10.9. The lowest BCUT2D eigenvalue weighted by atomic mass is 9.95. The van der Waals surface area contributed by atoms with Crippen LogP contribution in [0.5, 0.6) is 5.75 Å².